The second-order valence-electron chi connectivity index (χ2n) is 8.16. The van der Waals surface area contributed by atoms with Crippen LogP contribution in [0.4, 0.5) is 0 Å². The summed E-state index contributed by atoms with van der Waals surface area (Å²) >= 11 is 0. The lowest BCUT2D eigenvalue weighted by Crippen LogP contribution is -2.26. The molecule has 1 heterocycles. The van der Waals surface area contributed by atoms with E-state index < -0.39 is 0 Å². The quantitative estimate of drug-likeness (QED) is 0.465. The Morgan fingerprint density at radius 1 is 1.12 bits per heavy atom. The van der Waals surface area contributed by atoms with Gasteiger partial charge in [-0.25, -0.2) is 4.68 Å². The van der Waals surface area contributed by atoms with Gasteiger partial charge in [-0.3, -0.25) is 9.59 Å². The molecule has 1 aromatic heterocycles. The molecule has 1 aliphatic carbocycles. The fourth-order valence-electron chi connectivity index (χ4n) is 3.56. The van der Waals surface area contributed by atoms with Gasteiger partial charge in [0.25, 0.3) is 11.8 Å². The summed E-state index contributed by atoms with van der Waals surface area (Å²) in [4.78, 5) is 25.0. The van der Waals surface area contributed by atoms with Crippen LogP contribution in [-0.2, 0) is 6.42 Å². The number of hydrogen-bond acceptors (Lipinski definition) is 5. The lowest BCUT2D eigenvalue weighted by Gasteiger charge is -2.14. The van der Waals surface area contributed by atoms with E-state index in [1.165, 1.54) is 5.56 Å². The number of aromatic nitrogens is 3. The number of ether oxygens (including phenoxy) is 1. The van der Waals surface area contributed by atoms with Gasteiger partial charge in [0.1, 0.15) is 11.4 Å². The first-order valence-corrected chi connectivity index (χ1v) is 11.4. The Kier molecular flexibility index (Phi) is 7.02. The van der Waals surface area contributed by atoms with Crippen molar-refractivity contribution in [2.24, 2.45) is 0 Å². The molecule has 172 valence electrons. The van der Waals surface area contributed by atoms with E-state index in [0.29, 0.717) is 35.8 Å². The molecule has 4 rings (SSSR count). The van der Waals surface area contributed by atoms with Crippen LogP contribution in [0.5, 0.6) is 5.75 Å². The van der Waals surface area contributed by atoms with E-state index >= 15 is 0 Å². The molecule has 2 amide bonds. The molecule has 0 bridgehead atoms. The third-order valence-corrected chi connectivity index (χ3v) is 5.52. The maximum atomic E-state index is 12.5. The Morgan fingerprint density at radius 2 is 1.91 bits per heavy atom. The minimum atomic E-state index is -0.230. The molecular weight excluding hydrogens is 418 g/mol. The van der Waals surface area contributed by atoms with E-state index in [0.717, 1.165) is 25.7 Å². The van der Waals surface area contributed by atoms with Crippen molar-refractivity contribution in [1.82, 2.24) is 25.6 Å². The number of benzene rings is 2. The number of carbonyl (C=O) groups excluding carboxylic acids is 2. The largest absolute Gasteiger partial charge is 0.491 e. The standard InChI is InChI=1S/C25H29N5O3/c1-3-26-24(31)19-11-14-22(33-15-7-10-18-8-5-4-6-9-18)21(16-19)30-17(2)23(28-29-30)25(32)27-20-12-13-20/h4-6,8-9,11,14,16,20H,3,7,10,12-13,15H2,1-2H3,(H,26,31)(H,27,32). The number of nitrogens with zero attached hydrogens (tertiary/aromatic N) is 3. The molecule has 0 saturated heterocycles. The Morgan fingerprint density at radius 3 is 2.64 bits per heavy atom. The van der Waals surface area contributed by atoms with E-state index in [4.69, 9.17) is 4.74 Å². The first kappa shape index (κ1) is 22.5. The summed E-state index contributed by atoms with van der Waals surface area (Å²) in [6, 6.07) is 15.7. The van der Waals surface area contributed by atoms with Crippen molar-refractivity contribution in [3.63, 3.8) is 0 Å². The van der Waals surface area contributed by atoms with Crippen LogP contribution in [0.15, 0.2) is 48.5 Å². The summed E-state index contributed by atoms with van der Waals surface area (Å²) in [7, 11) is 0. The van der Waals surface area contributed by atoms with Crippen LogP contribution in [-0.4, -0.2) is 46.0 Å². The zero-order valence-electron chi connectivity index (χ0n) is 19.0. The number of hydrogen-bond donors (Lipinski definition) is 2. The highest BCUT2D eigenvalue weighted by atomic mass is 16.5. The molecule has 2 N–H and O–H groups in total. The Hall–Kier alpha value is -3.68. The van der Waals surface area contributed by atoms with Gasteiger partial charge >= 0.3 is 0 Å². The number of carbonyl (C=O) groups is 2. The maximum absolute atomic E-state index is 12.5. The molecule has 0 radical (unpaired) electrons. The predicted molar refractivity (Wildman–Crippen MR) is 125 cm³/mol. The molecule has 1 aliphatic rings. The van der Waals surface area contributed by atoms with Crippen molar-refractivity contribution in [2.75, 3.05) is 13.2 Å². The van der Waals surface area contributed by atoms with E-state index in [2.05, 4.69) is 33.1 Å². The van der Waals surface area contributed by atoms with Crippen molar-refractivity contribution < 1.29 is 14.3 Å². The minimum absolute atomic E-state index is 0.182. The highest BCUT2D eigenvalue weighted by Crippen LogP contribution is 2.27. The van der Waals surface area contributed by atoms with Crippen LogP contribution >= 0.6 is 0 Å². The van der Waals surface area contributed by atoms with Gasteiger partial charge in [0, 0.05) is 18.2 Å². The third kappa shape index (κ3) is 5.58. The molecular formula is C25H29N5O3. The Bertz CT molecular complexity index is 1120. The van der Waals surface area contributed by atoms with Crippen LogP contribution in [0, 0.1) is 6.92 Å². The lowest BCUT2D eigenvalue weighted by atomic mass is 10.1. The molecule has 0 aliphatic heterocycles. The fourth-order valence-corrected chi connectivity index (χ4v) is 3.56. The molecule has 0 unspecified atom stereocenters. The summed E-state index contributed by atoms with van der Waals surface area (Å²) in [6.45, 7) is 4.69. The average Bonchev–Trinajstić information content (AvgIpc) is 3.56. The smallest absolute Gasteiger partial charge is 0.273 e. The van der Waals surface area contributed by atoms with Crippen LogP contribution < -0.4 is 15.4 Å². The van der Waals surface area contributed by atoms with Crippen molar-refractivity contribution in [1.29, 1.82) is 0 Å². The van der Waals surface area contributed by atoms with Crippen LogP contribution in [0.2, 0.25) is 0 Å². The van der Waals surface area contributed by atoms with Crippen molar-refractivity contribution in [3.05, 3.63) is 71.0 Å². The maximum Gasteiger partial charge on any atom is 0.273 e. The van der Waals surface area contributed by atoms with E-state index in [9.17, 15) is 9.59 Å². The van der Waals surface area contributed by atoms with Gasteiger partial charge in [-0.15, -0.1) is 5.10 Å². The van der Waals surface area contributed by atoms with Gasteiger partial charge in [-0.1, -0.05) is 35.5 Å². The van der Waals surface area contributed by atoms with Gasteiger partial charge in [0.15, 0.2) is 5.69 Å². The second-order valence-corrected chi connectivity index (χ2v) is 8.16. The highest BCUT2D eigenvalue weighted by Gasteiger charge is 2.27. The van der Waals surface area contributed by atoms with Gasteiger partial charge in [-0.05, 0) is 63.3 Å². The lowest BCUT2D eigenvalue weighted by molar-refractivity contribution is 0.0940. The average molecular weight is 448 g/mol. The Balaban J connectivity index is 1.55. The van der Waals surface area contributed by atoms with E-state index in [1.54, 1.807) is 29.8 Å². The van der Waals surface area contributed by atoms with Crippen molar-refractivity contribution in [3.8, 4) is 11.4 Å². The molecule has 0 atom stereocenters. The predicted octanol–water partition coefficient (Wildman–Crippen LogP) is 3.23. The zero-order chi connectivity index (χ0) is 23.2. The number of amides is 2. The molecule has 8 nitrogen and oxygen atoms in total. The molecule has 1 saturated carbocycles. The van der Waals surface area contributed by atoms with Gasteiger partial charge < -0.3 is 15.4 Å². The van der Waals surface area contributed by atoms with Crippen LogP contribution in [0.25, 0.3) is 5.69 Å². The second kappa shape index (κ2) is 10.3. The fraction of sp³-hybridized carbons (Fsp3) is 0.360. The summed E-state index contributed by atoms with van der Waals surface area (Å²) in [5.41, 5.74) is 3.19. The van der Waals surface area contributed by atoms with E-state index in [1.807, 2.05) is 25.1 Å². The molecule has 2 aromatic carbocycles. The molecule has 3 aromatic rings. The number of nitrogens with one attached hydrogen (secondary N) is 2. The monoisotopic (exact) mass is 447 g/mol. The van der Waals surface area contributed by atoms with Gasteiger partial charge in [-0.2, -0.15) is 0 Å². The first-order chi connectivity index (χ1) is 16.1. The highest BCUT2D eigenvalue weighted by molar-refractivity contribution is 5.95. The van der Waals surface area contributed by atoms with Crippen molar-refractivity contribution in [2.45, 2.75) is 45.6 Å². The van der Waals surface area contributed by atoms with Crippen LogP contribution in [0.1, 0.15) is 58.3 Å². The minimum Gasteiger partial charge on any atom is -0.491 e. The number of rotatable bonds is 10. The molecule has 33 heavy (non-hydrogen) atoms. The summed E-state index contributed by atoms with van der Waals surface area (Å²) in [5, 5.41) is 14.1. The third-order valence-electron chi connectivity index (χ3n) is 5.52. The normalized spacial score (nSPS) is 12.9. The summed E-state index contributed by atoms with van der Waals surface area (Å²) in [6.07, 6.45) is 3.73. The molecule has 0 spiro atoms. The van der Waals surface area contributed by atoms with Gasteiger partial charge in [0.2, 0.25) is 0 Å². The molecule has 8 heteroatoms. The van der Waals surface area contributed by atoms with Crippen LogP contribution in [0.3, 0.4) is 0 Å². The SMILES string of the molecule is CCNC(=O)c1ccc(OCCCc2ccccc2)c(-n2nnc(C(=O)NC3CC3)c2C)c1. The molecule has 1 fully saturated rings. The topological polar surface area (TPSA) is 98.1 Å². The number of aryl methyl sites for hydroxylation is 1. The Labute approximate surface area is 193 Å². The zero-order valence-corrected chi connectivity index (χ0v) is 19.0. The summed E-state index contributed by atoms with van der Waals surface area (Å²) < 4.78 is 7.65. The van der Waals surface area contributed by atoms with Crippen molar-refractivity contribution >= 4 is 11.8 Å². The first-order valence-electron chi connectivity index (χ1n) is 11.4. The van der Waals surface area contributed by atoms with E-state index in [-0.39, 0.29) is 23.6 Å². The van der Waals surface area contributed by atoms with Gasteiger partial charge in [0.05, 0.1) is 12.3 Å². The summed E-state index contributed by atoms with van der Waals surface area (Å²) in [5.74, 6) is 0.170.